The Kier molecular flexibility index (Phi) is 8.16. The van der Waals surface area contributed by atoms with Crippen molar-refractivity contribution in [2.75, 3.05) is 4.90 Å². The zero-order valence-corrected chi connectivity index (χ0v) is 39.3. The van der Waals surface area contributed by atoms with Gasteiger partial charge in [-0.2, -0.15) is 0 Å². The Morgan fingerprint density at radius 1 is 0.222 bits per heavy atom. The number of anilines is 3. The van der Waals surface area contributed by atoms with Crippen molar-refractivity contribution in [1.82, 2.24) is 0 Å². The Balaban J connectivity index is 1.07. The third kappa shape index (κ3) is 5.27. The van der Waals surface area contributed by atoms with Crippen molar-refractivity contribution in [3.05, 3.63) is 283 Å². The predicted octanol–water partition coefficient (Wildman–Crippen LogP) is 19.2. The Morgan fingerprint density at radius 2 is 0.625 bits per heavy atom. The van der Waals surface area contributed by atoms with E-state index in [1.807, 2.05) is 0 Å². The van der Waals surface area contributed by atoms with Crippen molar-refractivity contribution >= 4 is 92.5 Å². The first kappa shape index (κ1) is 39.5. The summed E-state index contributed by atoms with van der Waals surface area (Å²) in [7, 11) is 0. The Bertz CT molecular complexity index is 4530. The highest BCUT2D eigenvalue weighted by Gasteiger charge is 2.52. The van der Waals surface area contributed by atoms with E-state index in [4.69, 9.17) is 0 Å². The molecule has 14 aromatic rings. The molecule has 0 saturated carbocycles. The van der Waals surface area contributed by atoms with Crippen LogP contribution in [0.4, 0.5) is 17.1 Å². The number of rotatable bonds is 4. The molecule has 0 heterocycles. The second kappa shape index (κ2) is 14.9. The predicted molar refractivity (Wildman–Crippen MR) is 305 cm³/mol. The smallest absolute Gasteiger partial charge is 0.0726 e. The van der Waals surface area contributed by atoms with Crippen molar-refractivity contribution in [2.24, 2.45) is 0 Å². The first-order valence-electron chi connectivity index (χ1n) is 25.2. The first-order chi connectivity index (χ1) is 35.7. The lowest BCUT2D eigenvalue weighted by Crippen LogP contribution is -2.26. The molecular formula is C71H43N. The van der Waals surface area contributed by atoms with Gasteiger partial charge >= 0.3 is 0 Å². The van der Waals surface area contributed by atoms with E-state index < -0.39 is 5.41 Å². The lowest BCUT2D eigenvalue weighted by atomic mass is 9.70. The van der Waals surface area contributed by atoms with E-state index >= 15 is 0 Å². The number of hydrogen-bond acceptors (Lipinski definition) is 1. The standard InChI is InChI=1S/C71H43N/c1-2-20-47-44(18-1)19-17-35-69(47)72(46-37-39-57-53-26-6-4-22-49(53)51-24-8-10-28-55(51)63(57)41-46)70-43-68-64(60-31-13-16-34-67(60)71(68)65-32-14-11-29-58(65)59-30-12-15-33-66(59)71)42-61(70)45-36-38-56-52-25-5-3-21-48(52)50-23-7-9-27-54(50)62(56)40-45/h1-43H. The van der Waals surface area contributed by atoms with Gasteiger partial charge in [-0.05, 0) is 156 Å². The summed E-state index contributed by atoms with van der Waals surface area (Å²) >= 11 is 0. The molecule has 1 spiro atoms. The topological polar surface area (TPSA) is 3.24 Å². The second-order valence-electron chi connectivity index (χ2n) is 19.8. The largest absolute Gasteiger partial charge is 0.309 e. The van der Waals surface area contributed by atoms with Gasteiger partial charge < -0.3 is 4.90 Å². The van der Waals surface area contributed by atoms with E-state index in [0.717, 1.165) is 17.1 Å². The van der Waals surface area contributed by atoms with E-state index in [1.165, 1.54) is 131 Å². The highest BCUT2D eigenvalue weighted by molar-refractivity contribution is 6.27. The molecule has 0 amide bonds. The molecule has 0 atom stereocenters. The molecule has 0 saturated heterocycles. The van der Waals surface area contributed by atoms with Crippen LogP contribution >= 0.6 is 0 Å². The van der Waals surface area contributed by atoms with Crippen molar-refractivity contribution in [2.45, 2.75) is 5.41 Å². The fourth-order valence-electron chi connectivity index (χ4n) is 13.5. The Hall–Kier alpha value is -9.30. The van der Waals surface area contributed by atoms with Crippen LogP contribution in [0.2, 0.25) is 0 Å². The van der Waals surface area contributed by atoms with Crippen LogP contribution in [-0.4, -0.2) is 0 Å². The van der Waals surface area contributed by atoms with Gasteiger partial charge in [0.2, 0.25) is 0 Å². The van der Waals surface area contributed by atoms with Gasteiger partial charge in [-0.15, -0.1) is 0 Å². The van der Waals surface area contributed by atoms with Crippen molar-refractivity contribution in [3.63, 3.8) is 0 Å². The summed E-state index contributed by atoms with van der Waals surface area (Å²) in [5.74, 6) is 0. The van der Waals surface area contributed by atoms with Crippen LogP contribution < -0.4 is 4.90 Å². The molecule has 0 aromatic heterocycles. The minimum atomic E-state index is -0.534. The van der Waals surface area contributed by atoms with Crippen LogP contribution in [0.5, 0.6) is 0 Å². The summed E-state index contributed by atoms with van der Waals surface area (Å²) < 4.78 is 0. The second-order valence-corrected chi connectivity index (χ2v) is 19.8. The fraction of sp³-hybridized carbons (Fsp3) is 0.0141. The van der Waals surface area contributed by atoms with Gasteiger partial charge in [-0.3, -0.25) is 0 Å². The van der Waals surface area contributed by atoms with E-state index in [2.05, 4.69) is 266 Å². The van der Waals surface area contributed by atoms with Gasteiger partial charge in [-0.25, -0.2) is 0 Å². The normalized spacial score (nSPS) is 13.1. The molecule has 0 unspecified atom stereocenters. The van der Waals surface area contributed by atoms with Crippen LogP contribution in [0.25, 0.3) is 109 Å². The zero-order chi connectivity index (χ0) is 47.1. The van der Waals surface area contributed by atoms with Gasteiger partial charge in [0.1, 0.15) is 0 Å². The molecule has 1 heteroatoms. The summed E-state index contributed by atoms with van der Waals surface area (Å²) in [5, 5.41) is 17.6. The highest BCUT2D eigenvalue weighted by Crippen LogP contribution is 2.64. The van der Waals surface area contributed by atoms with Gasteiger partial charge in [-0.1, -0.05) is 224 Å². The summed E-state index contributed by atoms with van der Waals surface area (Å²) in [6.45, 7) is 0. The zero-order valence-electron chi connectivity index (χ0n) is 39.3. The summed E-state index contributed by atoms with van der Waals surface area (Å²) in [4.78, 5) is 2.59. The lowest BCUT2D eigenvalue weighted by Gasteiger charge is -2.34. The first-order valence-corrected chi connectivity index (χ1v) is 25.2. The van der Waals surface area contributed by atoms with Crippen molar-refractivity contribution in [3.8, 4) is 33.4 Å². The lowest BCUT2D eigenvalue weighted by molar-refractivity contribution is 0.794. The maximum atomic E-state index is 2.59. The molecular weight excluding hydrogens is 867 g/mol. The molecule has 14 aromatic carbocycles. The Morgan fingerprint density at radius 3 is 1.17 bits per heavy atom. The average Bonchev–Trinajstić information content (AvgIpc) is 3.92. The van der Waals surface area contributed by atoms with Gasteiger partial charge in [0.05, 0.1) is 16.8 Å². The van der Waals surface area contributed by atoms with Crippen LogP contribution in [0.15, 0.2) is 261 Å². The van der Waals surface area contributed by atoms with E-state index in [1.54, 1.807) is 0 Å². The number of benzene rings is 14. The number of nitrogens with zero attached hydrogens (tertiary/aromatic N) is 1. The summed E-state index contributed by atoms with van der Waals surface area (Å²) in [6, 6.07) is 98.5. The molecule has 0 bridgehead atoms. The van der Waals surface area contributed by atoms with Crippen LogP contribution in [0.1, 0.15) is 22.3 Å². The summed E-state index contributed by atoms with van der Waals surface area (Å²) in [5.41, 5.74) is 15.6. The fourth-order valence-corrected chi connectivity index (χ4v) is 13.5. The van der Waals surface area contributed by atoms with E-state index in [9.17, 15) is 0 Å². The number of hydrogen-bond donors (Lipinski definition) is 0. The third-order valence-electron chi connectivity index (χ3n) is 16.4. The molecule has 2 aliphatic carbocycles. The molecule has 72 heavy (non-hydrogen) atoms. The average molecular weight is 910 g/mol. The minimum absolute atomic E-state index is 0.534. The molecule has 0 fully saturated rings. The third-order valence-corrected chi connectivity index (χ3v) is 16.4. The van der Waals surface area contributed by atoms with Crippen LogP contribution in [-0.2, 0) is 5.41 Å². The Labute approximate surface area is 417 Å². The maximum Gasteiger partial charge on any atom is 0.0726 e. The maximum absolute atomic E-state index is 2.59. The highest BCUT2D eigenvalue weighted by atomic mass is 15.1. The monoisotopic (exact) mass is 909 g/mol. The molecule has 2 aliphatic rings. The van der Waals surface area contributed by atoms with Gasteiger partial charge in [0.15, 0.2) is 0 Å². The molecule has 1 nitrogen and oxygen atoms in total. The van der Waals surface area contributed by atoms with E-state index in [0.29, 0.717) is 0 Å². The SMILES string of the molecule is c1ccc2c(c1)-c1ccccc1C21c2ccccc2-c2cc(-c3ccc4c5ccccc5c5ccccc5c4c3)c(N(c3ccc4c5ccccc5c5ccccc5c4c3)c3cccc4ccccc34)cc21. The van der Waals surface area contributed by atoms with E-state index in [-0.39, 0.29) is 0 Å². The van der Waals surface area contributed by atoms with Crippen molar-refractivity contribution < 1.29 is 0 Å². The minimum Gasteiger partial charge on any atom is -0.309 e. The molecule has 0 radical (unpaired) electrons. The van der Waals surface area contributed by atoms with Crippen LogP contribution in [0, 0.1) is 0 Å². The quantitative estimate of drug-likeness (QED) is 0.159. The molecule has 0 aliphatic heterocycles. The van der Waals surface area contributed by atoms with Crippen LogP contribution in [0.3, 0.4) is 0 Å². The summed E-state index contributed by atoms with van der Waals surface area (Å²) in [6.07, 6.45) is 0. The number of fused-ring (bicyclic) bond motifs is 23. The van der Waals surface area contributed by atoms with Gasteiger partial charge in [0.25, 0.3) is 0 Å². The molecule has 0 N–H and O–H groups in total. The van der Waals surface area contributed by atoms with Crippen molar-refractivity contribution in [1.29, 1.82) is 0 Å². The molecule has 332 valence electrons. The molecule has 16 rings (SSSR count). The van der Waals surface area contributed by atoms with Gasteiger partial charge in [0, 0.05) is 16.6 Å².